The van der Waals surface area contributed by atoms with Gasteiger partial charge in [0.1, 0.15) is 35.1 Å². The van der Waals surface area contributed by atoms with Crippen molar-refractivity contribution in [3.05, 3.63) is 244 Å². The van der Waals surface area contributed by atoms with E-state index in [1.54, 1.807) is 48.3 Å². The molecule has 0 unspecified atom stereocenters. The van der Waals surface area contributed by atoms with Crippen LogP contribution in [-0.4, -0.2) is 118 Å². The predicted octanol–water partition coefficient (Wildman–Crippen LogP) is 27.5. The van der Waals surface area contributed by atoms with E-state index in [0.29, 0.717) is 86.4 Å². The molecule has 750 valence electrons. The van der Waals surface area contributed by atoms with Crippen molar-refractivity contribution in [3.8, 4) is 0 Å². The number of urea groups is 5. The van der Waals surface area contributed by atoms with Gasteiger partial charge in [0.15, 0.2) is 5.82 Å². The molecular weight excluding hydrogens is 1940 g/mol. The second-order valence-corrected chi connectivity index (χ2v) is 45.3. The van der Waals surface area contributed by atoms with Gasteiger partial charge in [-0.2, -0.15) is 5.10 Å². The number of carbonyl (C=O) groups excluding carboxylic acids is 11. The van der Waals surface area contributed by atoms with E-state index in [2.05, 4.69) is 159 Å². The summed E-state index contributed by atoms with van der Waals surface area (Å²) in [5.74, 6) is -1.29. The van der Waals surface area contributed by atoms with E-state index in [1.807, 2.05) is 195 Å². The Morgan fingerprint density at radius 1 is 0.350 bits per heavy atom. The molecule has 12 aromatic rings. The largest absolute Gasteiger partial charge is 0.465 e. The number of anilines is 12. The first-order valence-corrected chi connectivity index (χ1v) is 50.5. The molecule has 31 nitrogen and oxygen atoms in total. The number of nitrogens with one attached hydrogen (secondary N) is 12. The van der Waals surface area contributed by atoms with Crippen molar-refractivity contribution in [2.24, 2.45) is 7.05 Å². The fourth-order valence-electron chi connectivity index (χ4n) is 11.6. The van der Waals surface area contributed by atoms with E-state index in [1.165, 1.54) is 115 Å². The van der Waals surface area contributed by atoms with Gasteiger partial charge in [-0.25, -0.2) is 52.7 Å². The van der Waals surface area contributed by atoms with Crippen LogP contribution in [0, 0.1) is 27.7 Å². The van der Waals surface area contributed by atoms with Crippen molar-refractivity contribution in [1.82, 2.24) is 9.78 Å². The quantitative estimate of drug-likeness (QED) is 0.0221. The summed E-state index contributed by atoms with van der Waals surface area (Å²) in [7, 11) is 8.45. The molecule has 0 aliphatic rings. The number of amides is 10. The van der Waals surface area contributed by atoms with Gasteiger partial charge in [0.25, 0.3) is 0 Å². The first kappa shape index (κ1) is 114. The lowest BCUT2D eigenvalue weighted by atomic mass is 9.94. The number of esters is 6. The van der Waals surface area contributed by atoms with Gasteiger partial charge in [0.05, 0.1) is 86.3 Å². The minimum absolute atomic E-state index is 0.0319. The highest BCUT2D eigenvalue weighted by Crippen LogP contribution is 2.43. The van der Waals surface area contributed by atoms with Crippen LogP contribution in [0.2, 0.25) is 0 Å². The van der Waals surface area contributed by atoms with Gasteiger partial charge in [0.2, 0.25) is 0 Å². The van der Waals surface area contributed by atoms with Crippen molar-refractivity contribution >= 4 is 224 Å². The number of aromatic nitrogens is 2. The van der Waals surface area contributed by atoms with Crippen LogP contribution < -0.4 is 63.8 Å². The Balaban J connectivity index is 0.000000228. The molecule has 140 heavy (non-hydrogen) atoms. The molecule has 9 aromatic heterocycles. The van der Waals surface area contributed by atoms with Crippen LogP contribution in [0.5, 0.6) is 0 Å². The second-order valence-electron chi connectivity index (χ2n) is 36.7. The van der Waals surface area contributed by atoms with Crippen LogP contribution in [0.15, 0.2) is 164 Å². The predicted molar refractivity (Wildman–Crippen MR) is 576 cm³/mol. The van der Waals surface area contributed by atoms with Crippen molar-refractivity contribution in [1.29, 1.82) is 0 Å². The molecule has 3 aromatic carbocycles. The zero-order valence-corrected chi connectivity index (χ0v) is 90.6. The normalized spacial score (nSPS) is 11.0. The van der Waals surface area contributed by atoms with Crippen molar-refractivity contribution < 1.29 is 81.2 Å². The Morgan fingerprint density at radius 2 is 0.650 bits per heavy atom. The Morgan fingerprint density at radius 3 is 0.921 bits per heavy atom. The fraction of sp³-hybridized carbons (Fsp3) is 0.347. The molecule has 0 spiro atoms. The van der Waals surface area contributed by atoms with Crippen molar-refractivity contribution in [2.45, 2.75) is 185 Å². The fourth-order valence-corrected chi connectivity index (χ4v) is 19.5. The van der Waals surface area contributed by atoms with Gasteiger partial charge in [-0.1, -0.05) is 177 Å². The molecule has 0 aliphatic carbocycles. The number of aryl methyl sites for hydroxylation is 5. The van der Waals surface area contributed by atoms with E-state index < -0.39 is 54.0 Å². The molecule has 10 amide bonds. The molecular formula is C101H126N14O17S8. The lowest BCUT2D eigenvalue weighted by Gasteiger charge is -2.15. The van der Waals surface area contributed by atoms with E-state index in [-0.39, 0.29) is 51.6 Å². The molecule has 12 rings (SSSR count). The summed E-state index contributed by atoms with van der Waals surface area (Å²) in [6.07, 6.45) is 1.72. The molecule has 0 saturated carbocycles. The van der Waals surface area contributed by atoms with Crippen LogP contribution >= 0.6 is 90.7 Å². The monoisotopic (exact) mass is 2060 g/mol. The summed E-state index contributed by atoms with van der Waals surface area (Å²) in [5.41, 5.74) is 7.88. The summed E-state index contributed by atoms with van der Waals surface area (Å²) in [5, 5.41) is 41.4. The highest BCUT2D eigenvalue weighted by Gasteiger charge is 2.32. The molecule has 0 atom stereocenters. The highest BCUT2D eigenvalue weighted by molar-refractivity contribution is 7.17. The third-order valence-electron chi connectivity index (χ3n) is 19.2. The summed E-state index contributed by atoms with van der Waals surface area (Å²) >= 11 is 11.2. The Hall–Kier alpha value is -13.0. The van der Waals surface area contributed by atoms with Gasteiger partial charge in [-0.05, 0) is 170 Å². The lowest BCUT2D eigenvalue weighted by molar-refractivity contribution is 0.0529. The molecule has 0 radical (unpaired) electrons. The van der Waals surface area contributed by atoms with Crippen LogP contribution in [0.25, 0.3) is 0 Å². The number of ether oxygens (including phenoxy) is 6. The number of thiophene rings is 8. The van der Waals surface area contributed by atoms with Crippen molar-refractivity contribution in [2.75, 3.05) is 106 Å². The number of hydrogen-bond donors (Lipinski definition) is 12. The minimum atomic E-state index is -0.473. The van der Waals surface area contributed by atoms with E-state index in [0.717, 1.165) is 66.5 Å². The molecule has 0 fully saturated rings. The average molecular weight is 2060 g/mol. The van der Waals surface area contributed by atoms with E-state index >= 15 is 0 Å². The first-order valence-electron chi connectivity index (χ1n) is 43.9. The first-order chi connectivity index (χ1) is 65.5. The zero-order valence-electron chi connectivity index (χ0n) is 84.0. The minimum Gasteiger partial charge on any atom is -0.465 e. The van der Waals surface area contributed by atoms with E-state index in [9.17, 15) is 52.7 Å². The number of methoxy groups -OCH3 is 5. The maximum absolute atomic E-state index is 12.3. The SMILES string of the molecule is C=C(Nc1cccs1)Nc1cc(C(C)(C)C)sc1C(=O)OC.CCOC(=O)c1sc(C(C)(C)C)cc1NC(=O)Nc1ccc(C)cc1.COC(=O)c1sc(C(C)(C)C)cc1NC(=O)Nc1ccc(C)cc1.COC(=O)c1sc(C(C)(C)C)cc1NC(=O)Nc1ccc(C)s1.COC(=O)c1sc(C(C)(C)C)cc1NC(=O)Nc1ccn(C)n1.COC(=O)c1sc(C(C)C)cc1NC(=O)Nc1ccc(C)cc1. The second kappa shape index (κ2) is 51.2. The summed E-state index contributed by atoms with van der Waals surface area (Å²) in [4.78, 5) is 142. The van der Waals surface area contributed by atoms with Crippen LogP contribution in [0.1, 0.15) is 239 Å². The highest BCUT2D eigenvalue weighted by atomic mass is 32.1. The number of hydrogen-bond acceptors (Lipinski definition) is 28. The number of carbonyl (C=O) groups is 11. The van der Waals surface area contributed by atoms with Gasteiger partial charge in [-0.15, -0.1) is 90.7 Å². The van der Waals surface area contributed by atoms with Crippen LogP contribution in [0.4, 0.5) is 91.0 Å². The lowest BCUT2D eigenvalue weighted by Crippen LogP contribution is -2.20. The molecule has 12 N–H and O–H groups in total. The maximum Gasteiger partial charge on any atom is 0.350 e. The van der Waals surface area contributed by atoms with Crippen molar-refractivity contribution in [3.63, 3.8) is 0 Å². The van der Waals surface area contributed by atoms with E-state index in [4.69, 9.17) is 28.4 Å². The Kier molecular flexibility index (Phi) is 41.7. The topological polar surface area (TPSA) is 405 Å². The standard InChI is InChI=1S/C19H24N2O3S.C18H22N2O3S.C17H20N2O3S.C16H20N2O3S2.C16H20N2O2S2.C15H20N4O3S/c1-6-24-17(22)16-14(11-15(25-16)19(3,4)5)21-18(23)20-13-9-7-12(2)8-10-13;1-11-6-8-12(9-7-11)19-17(22)20-13-10-14(18(2,3)4)24-15(13)16(21)23-5;1-10(2)14-9-13(15(23-14)16(20)22-4)19-17(21)18-12-7-5-11(3)6-8-12;1-9-6-7-12(22-9)18-15(20)17-10-8-11(16(2,3)4)23-13(10)14(19)21-5;1-10(18-13-7-6-8-21-13)17-11-9-12(16(2,3)4)22-14(11)15(19)20-5;1-15(2,3)10-8-9(12(23-10)13(20)22-5)16-14(21)17-11-6-7-19(4)18-11/h7-11H,6H2,1-5H3,(H2,20,21,23);6-10H,1-5H3,(H2,19,20,22);5-10H,1-4H3,(H2,18,19,21);6-8H,1-5H3,(H2,17,18,20);6-9,17-18H,1H2,2-5H3;6-8H,1-5H3,(H2,16,17,18,21). The van der Waals surface area contributed by atoms with Gasteiger partial charge >= 0.3 is 66.0 Å². The molecule has 0 bridgehead atoms. The molecule has 39 heteroatoms. The van der Waals surface area contributed by atoms with Crippen LogP contribution in [0.3, 0.4) is 0 Å². The summed E-state index contributed by atoms with van der Waals surface area (Å²) < 4.78 is 30.8. The number of rotatable bonds is 22. The zero-order chi connectivity index (χ0) is 104. The van der Waals surface area contributed by atoms with Gasteiger partial charge < -0.3 is 81.6 Å². The molecule has 0 aliphatic heterocycles. The third kappa shape index (κ3) is 35.4. The summed E-state index contributed by atoms with van der Waals surface area (Å²) in [6.45, 7) is 48.9. The van der Waals surface area contributed by atoms with Gasteiger partial charge in [0, 0.05) is 70.5 Å². The smallest absolute Gasteiger partial charge is 0.350 e. The number of benzene rings is 3. The Bertz CT molecular complexity index is 6150. The molecule has 9 heterocycles. The van der Waals surface area contributed by atoms with Gasteiger partial charge in [-0.3, -0.25) is 15.3 Å². The van der Waals surface area contributed by atoms with Crippen LogP contribution in [-0.2, 0) is 62.5 Å². The summed E-state index contributed by atoms with van der Waals surface area (Å²) in [6, 6.07) is 40.9. The molecule has 0 saturated heterocycles. The third-order valence-corrected chi connectivity index (χ3v) is 30.0. The average Bonchev–Trinajstić information content (AvgIpc) is 1.66. The Labute approximate surface area is 850 Å². The number of nitrogens with zero attached hydrogens (tertiary/aromatic N) is 2. The maximum atomic E-state index is 12.3.